The third kappa shape index (κ3) is 18.2. The number of anilines is 1. The molecule has 16 nitrogen and oxygen atoms in total. The van der Waals surface area contributed by atoms with Gasteiger partial charge in [-0.1, -0.05) is 59.7 Å². The Morgan fingerprint density at radius 3 is 1.49 bits per heavy atom. The van der Waals surface area contributed by atoms with Gasteiger partial charge in [-0.05, 0) is 157 Å². The van der Waals surface area contributed by atoms with E-state index in [4.69, 9.17) is 0 Å². The Hall–Kier alpha value is -9.41. The fourth-order valence-corrected chi connectivity index (χ4v) is 10.1. The standard InChI is InChI=1S/C19H18FN3O2.C17H16FN3O.C13H17F3N2.C8H6F3NO2.C8H7F3O2S/c1-12(22(3)13(2)24)18-21-17-7-5-4-6-16(17)19(25)23(18)15-10-8-14(20)9-11-15;1-11(19-2)16-20-15-6-4-3-5-14(15)17(22)21(16)13-9-7-12(18)8-10-13;1-10-3-4-12(11(9-10)13(14,15)16)18-7-5-17(2)6-8-18;1-5-2-3-7(12(13)14)6(4-5)8(9,10)11;1-6-3-2-4-7(5-6)14(12,13)8(9,10)11/h4-12H,1-3H3;3-11,19H,1-2H3;3-4,9H,5-8H2,1-2H3;2-4H,1H3;2-5H,1H3. The summed E-state index contributed by atoms with van der Waals surface area (Å²) in [4.78, 5) is 60.9. The molecule has 0 aliphatic carbocycles. The zero-order valence-corrected chi connectivity index (χ0v) is 52.3. The van der Waals surface area contributed by atoms with Crippen molar-refractivity contribution >= 4 is 48.9 Å². The van der Waals surface area contributed by atoms with Crippen molar-refractivity contribution in [3.05, 3.63) is 240 Å². The van der Waals surface area contributed by atoms with Crippen molar-refractivity contribution in [2.24, 2.45) is 0 Å². The van der Waals surface area contributed by atoms with Gasteiger partial charge in [0.25, 0.3) is 26.6 Å². The highest BCUT2D eigenvalue weighted by atomic mass is 32.2. The first-order valence-corrected chi connectivity index (χ1v) is 29.7. The number of alkyl halides is 9. The second-order valence-corrected chi connectivity index (χ2v) is 23.3. The molecular weight excluding hydrogens is 1260 g/mol. The summed E-state index contributed by atoms with van der Waals surface area (Å²) in [5.74, 6) is 0.154. The Kier molecular flexibility index (Phi) is 23.7. The first-order valence-electron chi connectivity index (χ1n) is 28.2. The number of nitro benzene ring substituents is 1. The molecule has 10 rings (SSSR count). The molecule has 7 aromatic carbocycles. The molecule has 2 atom stereocenters. The minimum atomic E-state index is -5.24. The quantitative estimate of drug-likeness (QED) is 0.0820. The maximum Gasteiger partial charge on any atom is 0.501 e. The van der Waals surface area contributed by atoms with E-state index in [-0.39, 0.29) is 34.7 Å². The van der Waals surface area contributed by atoms with E-state index in [2.05, 4.69) is 20.2 Å². The van der Waals surface area contributed by atoms with Crippen molar-refractivity contribution in [1.29, 1.82) is 0 Å². The SMILES string of the molecule is CC(=O)N(C)C(C)c1nc2ccccc2c(=O)n1-c1ccc(F)cc1.CNC(C)c1nc2ccccc2c(=O)n1-c1ccc(F)cc1.Cc1ccc(N2CCN(C)CC2)c(C(F)(F)F)c1.Cc1ccc([N+](=O)[O-])c(C(F)(F)F)c1.Cc1cccc(S(=O)(=O)C(F)(F)F)c1. The molecule has 1 aliphatic heterocycles. The molecule has 1 N–H and O–H groups in total. The molecule has 1 saturated heterocycles. The van der Waals surface area contributed by atoms with Crippen LogP contribution in [0.15, 0.2) is 172 Å². The summed E-state index contributed by atoms with van der Waals surface area (Å²) in [6, 6.07) is 37.3. The van der Waals surface area contributed by atoms with Gasteiger partial charge in [-0.15, -0.1) is 0 Å². The monoisotopic (exact) mass is 1320 g/mol. The number of hydrogen-bond acceptors (Lipinski definition) is 12. The molecule has 494 valence electrons. The number of likely N-dealkylation sites (N-methyl/N-ethyl adjacent to an activating group) is 1. The van der Waals surface area contributed by atoms with E-state index in [0.29, 0.717) is 80.3 Å². The Labute approximate surface area is 527 Å². The van der Waals surface area contributed by atoms with Crippen LogP contribution in [0.2, 0.25) is 0 Å². The van der Waals surface area contributed by atoms with Gasteiger partial charge in [0, 0.05) is 51.9 Å². The zero-order chi connectivity index (χ0) is 69.1. The van der Waals surface area contributed by atoms with Crippen molar-refractivity contribution < 1.29 is 66.4 Å². The van der Waals surface area contributed by atoms with Gasteiger partial charge in [0.05, 0.1) is 60.6 Å². The number of amides is 1. The Balaban J connectivity index is 0.000000188. The summed E-state index contributed by atoms with van der Waals surface area (Å²) in [5, 5.41) is 14.4. The summed E-state index contributed by atoms with van der Waals surface area (Å²) in [6.07, 6.45) is -8.97. The third-order valence-corrected chi connectivity index (χ3v) is 16.1. The number of nitrogens with zero attached hydrogens (tertiary/aromatic N) is 8. The number of sulfone groups is 1. The number of piperazine rings is 1. The maximum atomic E-state index is 13.3. The van der Waals surface area contributed by atoms with Gasteiger partial charge < -0.3 is 20.0 Å². The summed E-state index contributed by atoms with van der Waals surface area (Å²) < 4.78 is 163. The Bertz CT molecular complexity index is 4350. The number of para-hydroxylation sites is 2. The number of nitro groups is 1. The molecule has 1 fully saturated rings. The van der Waals surface area contributed by atoms with E-state index in [0.717, 1.165) is 37.4 Å². The van der Waals surface area contributed by atoms with Crippen LogP contribution >= 0.6 is 0 Å². The minimum absolute atomic E-state index is 0.123. The average Bonchev–Trinajstić information content (AvgIpc) is 0.781. The number of rotatable bonds is 9. The molecule has 2 aromatic heterocycles. The lowest BCUT2D eigenvalue weighted by Gasteiger charge is -2.35. The number of carbonyl (C=O) groups is 1. The Morgan fingerprint density at radius 2 is 1.05 bits per heavy atom. The van der Waals surface area contributed by atoms with Crippen molar-refractivity contribution in [3.63, 3.8) is 0 Å². The van der Waals surface area contributed by atoms with E-state index in [9.17, 15) is 81.2 Å². The number of benzene rings is 7. The third-order valence-electron chi connectivity index (χ3n) is 14.6. The lowest BCUT2D eigenvalue weighted by atomic mass is 10.1. The van der Waals surface area contributed by atoms with Gasteiger partial charge in [0.1, 0.15) is 28.8 Å². The van der Waals surface area contributed by atoms with Gasteiger partial charge in [0.15, 0.2) is 0 Å². The highest BCUT2D eigenvalue weighted by Crippen LogP contribution is 2.39. The van der Waals surface area contributed by atoms with Crippen LogP contribution < -0.4 is 21.3 Å². The molecular formula is C65H64F11N9O7S. The highest BCUT2D eigenvalue weighted by molar-refractivity contribution is 7.92. The molecule has 1 amide bonds. The van der Waals surface area contributed by atoms with E-state index < -0.39 is 60.4 Å². The zero-order valence-electron chi connectivity index (χ0n) is 51.5. The molecule has 93 heavy (non-hydrogen) atoms. The second-order valence-electron chi connectivity index (χ2n) is 21.4. The molecule has 2 unspecified atom stereocenters. The van der Waals surface area contributed by atoms with Gasteiger partial charge in [-0.25, -0.2) is 27.2 Å². The molecule has 0 spiro atoms. The largest absolute Gasteiger partial charge is 0.501 e. The number of carbonyl (C=O) groups excluding carboxylic acids is 1. The van der Waals surface area contributed by atoms with Gasteiger partial charge in [-0.3, -0.25) is 33.6 Å². The van der Waals surface area contributed by atoms with Crippen molar-refractivity contribution in [2.45, 2.75) is 76.4 Å². The molecule has 28 heteroatoms. The number of nitrogens with one attached hydrogen (secondary N) is 1. The number of hydrogen-bond donors (Lipinski definition) is 1. The number of halogens is 11. The van der Waals surface area contributed by atoms with Crippen molar-refractivity contribution in [2.75, 3.05) is 52.2 Å². The van der Waals surface area contributed by atoms with Crippen LogP contribution in [-0.2, 0) is 27.0 Å². The smallest absolute Gasteiger partial charge is 0.368 e. The van der Waals surface area contributed by atoms with E-state index >= 15 is 0 Å². The number of fused-ring (bicyclic) bond motifs is 2. The predicted molar refractivity (Wildman–Crippen MR) is 332 cm³/mol. The van der Waals surface area contributed by atoms with E-state index in [1.54, 1.807) is 82.5 Å². The van der Waals surface area contributed by atoms with Crippen LogP contribution in [0.1, 0.15) is 72.3 Å². The molecule has 0 saturated carbocycles. The van der Waals surface area contributed by atoms with E-state index in [1.165, 1.54) is 95.5 Å². The maximum absolute atomic E-state index is 13.3. The van der Waals surface area contributed by atoms with Crippen molar-refractivity contribution in [1.82, 2.24) is 34.2 Å². The van der Waals surface area contributed by atoms with Crippen LogP contribution in [0.3, 0.4) is 0 Å². The molecule has 0 bridgehead atoms. The first-order chi connectivity index (χ1) is 43.5. The molecule has 0 radical (unpaired) electrons. The normalized spacial score (nSPS) is 13.4. The number of aromatic nitrogens is 4. The Morgan fingerprint density at radius 1 is 0.613 bits per heavy atom. The molecule has 9 aromatic rings. The first kappa shape index (κ1) is 72.7. The van der Waals surface area contributed by atoms with Gasteiger partial charge in [0.2, 0.25) is 5.91 Å². The van der Waals surface area contributed by atoms with Gasteiger partial charge >= 0.3 is 17.9 Å². The summed E-state index contributed by atoms with van der Waals surface area (Å²) in [5.41, 5.74) is -4.22. The van der Waals surface area contributed by atoms with Crippen LogP contribution in [0.5, 0.6) is 0 Å². The second kappa shape index (κ2) is 30.4. The average molecular weight is 1320 g/mol. The minimum Gasteiger partial charge on any atom is -0.368 e. The summed E-state index contributed by atoms with van der Waals surface area (Å²) in [6.45, 7) is 12.7. The lowest BCUT2D eigenvalue weighted by molar-refractivity contribution is -0.388. The van der Waals surface area contributed by atoms with Crippen molar-refractivity contribution in [3.8, 4) is 11.4 Å². The predicted octanol–water partition coefficient (Wildman–Crippen LogP) is 13.8. The summed E-state index contributed by atoms with van der Waals surface area (Å²) in [7, 11) is 0.247. The summed E-state index contributed by atoms with van der Waals surface area (Å²) >= 11 is 0. The fraction of sp³-hybridized carbons (Fsp3) is 0.277. The van der Waals surface area contributed by atoms with Crippen LogP contribution in [0.4, 0.5) is 59.7 Å². The van der Waals surface area contributed by atoms with Crippen LogP contribution in [0.25, 0.3) is 33.2 Å². The number of aryl methyl sites for hydroxylation is 3. The van der Waals surface area contributed by atoms with E-state index in [1.807, 2.05) is 37.1 Å². The van der Waals surface area contributed by atoms with Crippen LogP contribution in [-0.4, -0.2) is 101 Å². The fourth-order valence-electron chi connectivity index (χ4n) is 9.28. The van der Waals surface area contributed by atoms with Gasteiger partial charge in [-0.2, -0.15) is 39.5 Å². The molecule has 1 aliphatic rings. The lowest BCUT2D eigenvalue weighted by Crippen LogP contribution is -2.45. The highest BCUT2D eigenvalue weighted by Gasteiger charge is 2.47. The van der Waals surface area contributed by atoms with Crippen LogP contribution in [0, 0.1) is 42.5 Å². The molecule has 3 heterocycles. The topological polar surface area (TPSA) is 186 Å².